The Hall–Kier alpha value is -3.88. The number of para-hydroxylation sites is 1. The summed E-state index contributed by atoms with van der Waals surface area (Å²) in [5.74, 6) is -1.41. The lowest BCUT2D eigenvalue weighted by Crippen LogP contribution is -2.54. The van der Waals surface area contributed by atoms with Gasteiger partial charge in [-0.3, -0.25) is 9.63 Å². The van der Waals surface area contributed by atoms with Crippen LogP contribution in [0, 0.1) is 0 Å². The lowest BCUT2D eigenvalue weighted by molar-refractivity contribution is -0.163. The first-order valence-corrected chi connectivity index (χ1v) is 13.5. The molecule has 0 aromatic heterocycles. The second kappa shape index (κ2) is 10.3. The predicted molar refractivity (Wildman–Crippen MR) is 151 cm³/mol. The van der Waals surface area contributed by atoms with E-state index in [0.29, 0.717) is 21.8 Å². The Morgan fingerprint density at radius 3 is 2.20 bits per heavy atom. The van der Waals surface area contributed by atoms with Gasteiger partial charge in [-0.05, 0) is 76.1 Å². The first kappa shape index (κ1) is 27.7. The number of benzene rings is 3. The highest BCUT2D eigenvalue weighted by Crippen LogP contribution is 2.59. The zero-order valence-electron chi connectivity index (χ0n) is 23.0. The van der Waals surface area contributed by atoms with Gasteiger partial charge in [-0.25, -0.2) is 19.6 Å². The van der Waals surface area contributed by atoms with E-state index in [1.165, 1.54) is 0 Å². The number of carbonyl (C=O) groups is 3. The molecule has 3 aromatic rings. The Balaban J connectivity index is 1.82. The molecule has 1 saturated heterocycles. The number of amides is 2. The van der Waals surface area contributed by atoms with Crippen LogP contribution in [0.15, 0.2) is 78.9 Å². The van der Waals surface area contributed by atoms with E-state index in [0.717, 1.165) is 4.90 Å². The molecular weight excluding hydrogens is 532 g/mol. The van der Waals surface area contributed by atoms with E-state index in [4.69, 9.17) is 25.9 Å². The molecule has 8 nitrogen and oxygen atoms in total. The zero-order chi connectivity index (χ0) is 28.8. The van der Waals surface area contributed by atoms with Crippen LogP contribution in [0.3, 0.4) is 0 Å². The molecule has 0 radical (unpaired) electrons. The van der Waals surface area contributed by atoms with E-state index >= 15 is 0 Å². The molecular formula is C31H31ClN2O6. The molecule has 1 spiro atoms. The standard InChI is InChI=1S/C31H31ClN2O6/c1-19(2)38-27(35)26-31(25(20-12-8-6-9-13-20)34(40-26)22-14-10-7-11-15-22)23-18-21(32)16-17-24(23)33(28(31)36)29(37)39-30(3,4)5/h6-19,25-26H,1-5H3/t25-,26+,31-/m1/s1. The molecule has 3 aromatic carbocycles. The summed E-state index contributed by atoms with van der Waals surface area (Å²) in [6.45, 7) is 8.59. The lowest BCUT2D eigenvalue weighted by Gasteiger charge is -2.34. The second-order valence-corrected chi connectivity index (χ2v) is 11.5. The van der Waals surface area contributed by atoms with Gasteiger partial charge in [-0.2, -0.15) is 0 Å². The predicted octanol–water partition coefficient (Wildman–Crippen LogP) is 6.37. The molecule has 3 atom stereocenters. The number of halogens is 1. The summed E-state index contributed by atoms with van der Waals surface area (Å²) in [6.07, 6.45) is -2.79. The van der Waals surface area contributed by atoms with E-state index in [9.17, 15) is 14.4 Å². The maximum absolute atomic E-state index is 14.9. The van der Waals surface area contributed by atoms with Gasteiger partial charge in [-0.15, -0.1) is 0 Å². The van der Waals surface area contributed by atoms with Gasteiger partial charge >= 0.3 is 12.1 Å². The highest BCUT2D eigenvalue weighted by molar-refractivity contribution is 6.31. The van der Waals surface area contributed by atoms with E-state index in [-0.39, 0.29) is 5.69 Å². The molecule has 40 heavy (non-hydrogen) atoms. The van der Waals surface area contributed by atoms with Crippen LogP contribution in [-0.4, -0.2) is 35.8 Å². The molecule has 0 N–H and O–H groups in total. The molecule has 0 bridgehead atoms. The van der Waals surface area contributed by atoms with Gasteiger partial charge in [0.2, 0.25) is 6.10 Å². The van der Waals surface area contributed by atoms with Gasteiger partial charge in [-0.1, -0.05) is 60.1 Å². The number of carbonyl (C=O) groups excluding carboxylic acids is 3. The number of ether oxygens (including phenoxy) is 2. The van der Waals surface area contributed by atoms with Crippen LogP contribution in [0.2, 0.25) is 5.02 Å². The average Bonchev–Trinajstić information content (AvgIpc) is 3.37. The summed E-state index contributed by atoms with van der Waals surface area (Å²) >= 11 is 6.51. The van der Waals surface area contributed by atoms with Crippen molar-refractivity contribution < 1.29 is 28.7 Å². The molecule has 2 heterocycles. The molecule has 9 heteroatoms. The normalized spacial score (nSPS) is 22.1. The van der Waals surface area contributed by atoms with Crippen molar-refractivity contribution in [2.75, 3.05) is 9.96 Å². The summed E-state index contributed by atoms with van der Waals surface area (Å²) in [6, 6.07) is 22.4. The Kier molecular flexibility index (Phi) is 7.10. The number of nitrogens with zero attached hydrogens (tertiary/aromatic N) is 2. The van der Waals surface area contributed by atoms with E-state index < -0.39 is 47.2 Å². The van der Waals surface area contributed by atoms with Gasteiger partial charge in [0, 0.05) is 5.02 Å². The van der Waals surface area contributed by atoms with Crippen molar-refractivity contribution in [2.24, 2.45) is 0 Å². The van der Waals surface area contributed by atoms with Crippen molar-refractivity contribution in [1.29, 1.82) is 0 Å². The smallest absolute Gasteiger partial charge is 0.421 e. The van der Waals surface area contributed by atoms with Gasteiger partial charge in [0.1, 0.15) is 17.1 Å². The molecule has 1 fully saturated rings. The lowest BCUT2D eigenvalue weighted by atomic mass is 9.69. The van der Waals surface area contributed by atoms with Gasteiger partial charge in [0.15, 0.2) is 0 Å². The second-order valence-electron chi connectivity index (χ2n) is 11.1. The summed E-state index contributed by atoms with van der Waals surface area (Å²) in [7, 11) is 0. The number of esters is 1. The molecule has 2 aliphatic rings. The van der Waals surface area contributed by atoms with Crippen LogP contribution in [0.4, 0.5) is 16.2 Å². The third-order valence-electron chi connectivity index (χ3n) is 6.77. The fraction of sp³-hybridized carbons (Fsp3) is 0.323. The molecule has 2 amide bonds. The first-order chi connectivity index (χ1) is 18.9. The van der Waals surface area contributed by atoms with Crippen molar-refractivity contribution in [3.05, 3.63) is 95.0 Å². The number of anilines is 2. The summed E-state index contributed by atoms with van der Waals surface area (Å²) in [5, 5.41) is 1.89. The fourth-order valence-corrected chi connectivity index (χ4v) is 5.55. The largest absolute Gasteiger partial charge is 0.461 e. The number of rotatable bonds is 4. The molecule has 0 saturated carbocycles. The Morgan fingerprint density at radius 2 is 1.60 bits per heavy atom. The van der Waals surface area contributed by atoms with Crippen molar-refractivity contribution in [2.45, 2.75) is 63.9 Å². The molecule has 2 aliphatic heterocycles. The van der Waals surface area contributed by atoms with Crippen LogP contribution in [-0.2, 0) is 29.3 Å². The first-order valence-electron chi connectivity index (χ1n) is 13.1. The van der Waals surface area contributed by atoms with Crippen molar-refractivity contribution in [3.8, 4) is 0 Å². The molecule has 0 unspecified atom stereocenters. The van der Waals surface area contributed by atoms with Crippen LogP contribution >= 0.6 is 11.6 Å². The van der Waals surface area contributed by atoms with Gasteiger partial charge < -0.3 is 9.47 Å². The Bertz CT molecular complexity index is 1440. The van der Waals surface area contributed by atoms with Crippen LogP contribution in [0.25, 0.3) is 0 Å². The van der Waals surface area contributed by atoms with Gasteiger partial charge in [0.25, 0.3) is 5.91 Å². The van der Waals surface area contributed by atoms with E-state index in [1.807, 2.05) is 60.7 Å². The number of hydroxylamine groups is 1. The highest BCUT2D eigenvalue weighted by atomic mass is 35.5. The number of hydrogen-bond donors (Lipinski definition) is 0. The number of fused-ring (bicyclic) bond motifs is 2. The average molecular weight is 563 g/mol. The minimum absolute atomic E-state index is 0.269. The minimum atomic E-state index is -1.75. The summed E-state index contributed by atoms with van der Waals surface area (Å²) in [4.78, 5) is 49.7. The fourth-order valence-electron chi connectivity index (χ4n) is 5.38. The van der Waals surface area contributed by atoms with Gasteiger partial charge in [0.05, 0.1) is 17.5 Å². The number of hydrogen-bond acceptors (Lipinski definition) is 7. The van der Waals surface area contributed by atoms with Crippen molar-refractivity contribution in [1.82, 2.24) is 0 Å². The number of imide groups is 1. The maximum Gasteiger partial charge on any atom is 0.421 e. The van der Waals surface area contributed by atoms with E-state index in [2.05, 4.69) is 0 Å². The van der Waals surface area contributed by atoms with Crippen molar-refractivity contribution >= 4 is 40.9 Å². The van der Waals surface area contributed by atoms with Crippen LogP contribution in [0.1, 0.15) is 51.8 Å². The Morgan fingerprint density at radius 1 is 0.975 bits per heavy atom. The SMILES string of the molecule is CC(C)OC(=O)[C@@H]1ON(c2ccccc2)[C@H](c2ccccc2)[C@@]12C(=O)N(C(=O)OC(C)(C)C)c1ccc(Cl)cc12. The van der Waals surface area contributed by atoms with Crippen LogP contribution < -0.4 is 9.96 Å². The quantitative estimate of drug-likeness (QED) is 0.341. The molecule has 0 aliphatic carbocycles. The Labute approximate surface area is 238 Å². The monoisotopic (exact) mass is 562 g/mol. The third-order valence-corrected chi connectivity index (χ3v) is 7.00. The topological polar surface area (TPSA) is 85.4 Å². The zero-order valence-corrected chi connectivity index (χ0v) is 23.7. The van der Waals surface area contributed by atoms with E-state index in [1.54, 1.807) is 57.9 Å². The summed E-state index contributed by atoms with van der Waals surface area (Å²) in [5.41, 5.74) is -0.685. The van der Waals surface area contributed by atoms with Crippen LogP contribution in [0.5, 0.6) is 0 Å². The third kappa shape index (κ3) is 4.61. The van der Waals surface area contributed by atoms with Crippen molar-refractivity contribution in [3.63, 3.8) is 0 Å². The molecule has 5 rings (SSSR count). The minimum Gasteiger partial charge on any atom is -0.461 e. The maximum atomic E-state index is 14.9. The molecule has 208 valence electrons. The summed E-state index contributed by atoms with van der Waals surface area (Å²) < 4.78 is 11.3. The highest BCUT2D eigenvalue weighted by Gasteiger charge is 2.71.